The van der Waals surface area contributed by atoms with Gasteiger partial charge in [0.05, 0.1) is 10.5 Å². The molecule has 1 aromatic carbocycles. The van der Waals surface area contributed by atoms with Gasteiger partial charge in [0, 0.05) is 11.3 Å². The number of benzene rings is 1. The Kier molecular flexibility index (Phi) is 3.34. The van der Waals surface area contributed by atoms with E-state index < -0.39 is 0 Å². The third kappa shape index (κ3) is 2.30. The minimum Gasteiger partial charge on any atom is -0.411 e. The van der Waals surface area contributed by atoms with Crippen LogP contribution in [0.5, 0.6) is 0 Å². The van der Waals surface area contributed by atoms with Crippen molar-refractivity contribution in [1.29, 1.82) is 0 Å². The molecular formula is C13H15NOS. The van der Waals surface area contributed by atoms with E-state index in [0.717, 1.165) is 18.6 Å². The molecule has 1 aliphatic carbocycles. The standard InChI is InChI=1S/C13H15NOS/c1-13(10-6-5-9-12(13)14-15)16-11-7-3-2-4-8-11/h2-8,15H,9-10H2,1H3. The Balaban J connectivity index is 2.22. The summed E-state index contributed by atoms with van der Waals surface area (Å²) in [5, 5.41) is 12.5. The Bertz CT molecular complexity index is 413. The largest absolute Gasteiger partial charge is 0.411 e. The molecule has 3 heteroatoms. The minimum atomic E-state index is -0.120. The van der Waals surface area contributed by atoms with E-state index in [9.17, 15) is 0 Å². The molecule has 0 amide bonds. The van der Waals surface area contributed by atoms with Gasteiger partial charge < -0.3 is 5.21 Å². The molecule has 0 aliphatic heterocycles. The first-order valence-corrected chi connectivity index (χ1v) is 6.17. The summed E-state index contributed by atoms with van der Waals surface area (Å²) < 4.78 is -0.120. The lowest BCUT2D eigenvalue weighted by atomic mass is 9.93. The van der Waals surface area contributed by atoms with Gasteiger partial charge in [0.2, 0.25) is 0 Å². The number of rotatable bonds is 2. The maximum absolute atomic E-state index is 9.05. The van der Waals surface area contributed by atoms with Crippen molar-refractivity contribution in [1.82, 2.24) is 0 Å². The van der Waals surface area contributed by atoms with Gasteiger partial charge in [-0.3, -0.25) is 0 Å². The molecule has 84 valence electrons. The highest BCUT2D eigenvalue weighted by Crippen LogP contribution is 2.39. The van der Waals surface area contributed by atoms with E-state index in [2.05, 4.69) is 36.4 Å². The monoisotopic (exact) mass is 233 g/mol. The molecular weight excluding hydrogens is 218 g/mol. The van der Waals surface area contributed by atoms with Crippen LogP contribution in [0.1, 0.15) is 19.8 Å². The summed E-state index contributed by atoms with van der Waals surface area (Å²) in [6.45, 7) is 2.13. The third-order valence-electron chi connectivity index (χ3n) is 2.80. The van der Waals surface area contributed by atoms with Gasteiger partial charge in [0.1, 0.15) is 0 Å². The minimum absolute atomic E-state index is 0.120. The van der Waals surface area contributed by atoms with Crippen molar-refractivity contribution in [2.75, 3.05) is 0 Å². The van der Waals surface area contributed by atoms with Crippen LogP contribution in [0.4, 0.5) is 0 Å². The van der Waals surface area contributed by atoms with Crippen molar-refractivity contribution in [3.8, 4) is 0 Å². The summed E-state index contributed by atoms with van der Waals surface area (Å²) in [6, 6.07) is 10.2. The molecule has 2 nitrogen and oxygen atoms in total. The van der Waals surface area contributed by atoms with Crippen molar-refractivity contribution in [2.24, 2.45) is 5.16 Å². The lowest BCUT2D eigenvalue weighted by molar-refractivity contribution is 0.315. The van der Waals surface area contributed by atoms with E-state index >= 15 is 0 Å². The van der Waals surface area contributed by atoms with E-state index in [1.54, 1.807) is 11.8 Å². The van der Waals surface area contributed by atoms with Crippen LogP contribution < -0.4 is 0 Å². The molecule has 0 aromatic heterocycles. The zero-order valence-electron chi connectivity index (χ0n) is 9.26. The maximum Gasteiger partial charge on any atom is 0.0772 e. The molecule has 0 spiro atoms. The van der Waals surface area contributed by atoms with Gasteiger partial charge in [-0.2, -0.15) is 0 Å². The van der Waals surface area contributed by atoms with Gasteiger partial charge in [-0.25, -0.2) is 0 Å². The smallest absolute Gasteiger partial charge is 0.0772 e. The van der Waals surface area contributed by atoms with Crippen LogP contribution in [0, 0.1) is 0 Å². The number of hydrogen-bond acceptors (Lipinski definition) is 3. The van der Waals surface area contributed by atoms with Crippen molar-refractivity contribution < 1.29 is 5.21 Å². The van der Waals surface area contributed by atoms with Gasteiger partial charge in [-0.05, 0) is 25.5 Å². The highest BCUT2D eigenvalue weighted by atomic mass is 32.2. The zero-order valence-corrected chi connectivity index (χ0v) is 10.1. The predicted molar refractivity (Wildman–Crippen MR) is 68.3 cm³/mol. The molecule has 2 rings (SSSR count). The van der Waals surface area contributed by atoms with E-state index in [4.69, 9.17) is 5.21 Å². The van der Waals surface area contributed by atoms with Crippen LogP contribution >= 0.6 is 11.8 Å². The Morgan fingerprint density at radius 1 is 1.25 bits per heavy atom. The molecule has 16 heavy (non-hydrogen) atoms. The van der Waals surface area contributed by atoms with Crippen LogP contribution in [0.15, 0.2) is 52.5 Å². The van der Waals surface area contributed by atoms with Gasteiger partial charge in [0.15, 0.2) is 0 Å². The van der Waals surface area contributed by atoms with Crippen LogP contribution in [-0.2, 0) is 0 Å². The summed E-state index contributed by atoms with van der Waals surface area (Å²) in [7, 11) is 0. The molecule has 1 atom stereocenters. The number of thioether (sulfide) groups is 1. The summed E-state index contributed by atoms with van der Waals surface area (Å²) >= 11 is 1.76. The van der Waals surface area contributed by atoms with E-state index in [1.807, 2.05) is 18.2 Å². The second-order valence-corrected chi connectivity index (χ2v) is 5.65. The number of allylic oxidation sites excluding steroid dienone is 2. The lowest BCUT2D eigenvalue weighted by Crippen LogP contribution is -2.32. The average molecular weight is 233 g/mol. The Labute approximate surface area is 100 Å². The van der Waals surface area contributed by atoms with Crippen molar-refractivity contribution in [3.63, 3.8) is 0 Å². The van der Waals surface area contributed by atoms with E-state index in [-0.39, 0.29) is 4.75 Å². The van der Waals surface area contributed by atoms with Crippen LogP contribution in [0.2, 0.25) is 0 Å². The number of oxime groups is 1. The van der Waals surface area contributed by atoms with Gasteiger partial charge in [0.25, 0.3) is 0 Å². The molecule has 0 fully saturated rings. The average Bonchev–Trinajstić information content (AvgIpc) is 2.30. The third-order valence-corrected chi connectivity index (χ3v) is 4.16. The van der Waals surface area contributed by atoms with Crippen molar-refractivity contribution in [2.45, 2.75) is 29.4 Å². The maximum atomic E-state index is 9.05. The van der Waals surface area contributed by atoms with Gasteiger partial charge in [-0.1, -0.05) is 35.5 Å². The molecule has 1 aliphatic rings. The summed E-state index contributed by atoms with van der Waals surface area (Å²) in [6.07, 6.45) is 5.87. The van der Waals surface area contributed by atoms with E-state index in [1.165, 1.54) is 4.90 Å². The number of nitrogens with zero attached hydrogens (tertiary/aromatic N) is 1. The summed E-state index contributed by atoms with van der Waals surface area (Å²) in [5.74, 6) is 0. The Hall–Kier alpha value is -1.22. The van der Waals surface area contributed by atoms with Gasteiger partial charge in [-0.15, -0.1) is 11.8 Å². The topological polar surface area (TPSA) is 32.6 Å². The lowest BCUT2D eigenvalue weighted by Gasteiger charge is -2.30. The highest BCUT2D eigenvalue weighted by Gasteiger charge is 2.32. The fourth-order valence-corrected chi connectivity index (χ4v) is 3.07. The van der Waals surface area contributed by atoms with Gasteiger partial charge >= 0.3 is 0 Å². The molecule has 0 saturated heterocycles. The second-order valence-electron chi connectivity index (χ2n) is 4.07. The Morgan fingerprint density at radius 3 is 2.69 bits per heavy atom. The highest BCUT2D eigenvalue weighted by molar-refractivity contribution is 8.01. The first-order valence-electron chi connectivity index (χ1n) is 5.35. The predicted octanol–water partition coefficient (Wildman–Crippen LogP) is 3.72. The molecule has 0 saturated carbocycles. The molecule has 0 heterocycles. The first-order chi connectivity index (χ1) is 7.74. The second kappa shape index (κ2) is 4.74. The summed E-state index contributed by atoms with van der Waals surface area (Å²) in [4.78, 5) is 1.21. The molecule has 1 unspecified atom stereocenters. The fourth-order valence-electron chi connectivity index (χ4n) is 1.83. The SMILES string of the molecule is CC1(Sc2ccccc2)CC=CCC1=NO. The van der Waals surface area contributed by atoms with Crippen molar-refractivity contribution in [3.05, 3.63) is 42.5 Å². The Morgan fingerprint density at radius 2 is 2.00 bits per heavy atom. The van der Waals surface area contributed by atoms with E-state index in [0.29, 0.717) is 0 Å². The fraction of sp³-hybridized carbons (Fsp3) is 0.308. The molecule has 1 N–H and O–H groups in total. The number of hydrogen-bond donors (Lipinski definition) is 1. The quantitative estimate of drug-likeness (QED) is 0.480. The normalized spacial score (nSPS) is 27.2. The van der Waals surface area contributed by atoms with Crippen molar-refractivity contribution >= 4 is 17.5 Å². The zero-order chi connectivity index (χ0) is 11.4. The molecule has 0 bridgehead atoms. The molecule has 0 radical (unpaired) electrons. The first kappa shape index (κ1) is 11.3. The van der Waals surface area contributed by atoms with Crippen LogP contribution in [-0.4, -0.2) is 15.7 Å². The molecule has 1 aromatic rings. The van der Waals surface area contributed by atoms with Crippen LogP contribution in [0.3, 0.4) is 0 Å². The summed E-state index contributed by atoms with van der Waals surface area (Å²) in [5.41, 5.74) is 0.851. The van der Waals surface area contributed by atoms with Crippen LogP contribution in [0.25, 0.3) is 0 Å².